The molecule has 0 bridgehead atoms. The molecule has 20 heavy (non-hydrogen) atoms. The minimum atomic E-state index is -3.02. The molecule has 5 nitrogen and oxygen atoms in total. The zero-order chi connectivity index (χ0) is 15.2. The first kappa shape index (κ1) is 16.5. The molecule has 0 spiro atoms. The second-order valence-electron chi connectivity index (χ2n) is 4.94. The van der Waals surface area contributed by atoms with E-state index in [0.717, 1.165) is 6.26 Å². The lowest BCUT2D eigenvalue weighted by Crippen LogP contribution is -2.15. The third-order valence-electron chi connectivity index (χ3n) is 2.44. The predicted molar refractivity (Wildman–Crippen MR) is 79.8 cm³/mol. The van der Waals surface area contributed by atoms with Crippen molar-refractivity contribution >= 4 is 21.4 Å². The van der Waals surface area contributed by atoms with Crippen LogP contribution in [0.4, 0.5) is 5.69 Å². The molecule has 0 unspecified atom stereocenters. The van der Waals surface area contributed by atoms with Gasteiger partial charge in [0.05, 0.1) is 17.5 Å². The maximum Gasteiger partial charge on any atom is 0.224 e. The van der Waals surface area contributed by atoms with E-state index < -0.39 is 9.84 Å². The molecule has 1 amide bonds. The summed E-state index contributed by atoms with van der Waals surface area (Å²) in [7, 11) is -3.02. The van der Waals surface area contributed by atoms with Crippen molar-refractivity contribution in [1.82, 2.24) is 0 Å². The second-order valence-corrected chi connectivity index (χ2v) is 7.20. The first-order chi connectivity index (χ1) is 9.28. The zero-order valence-electron chi connectivity index (χ0n) is 12.0. The fourth-order valence-electron chi connectivity index (χ4n) is 1.63. The molecule has 112 valence electrons. The van der Waals surface area contributed by atoms with Crippen molar-refractivity contribution in [2.75, 3.05) is 17.3 Å². The topological polar surface area (TPSA) is 72.5 Å². The molecule has 0 aromatic heterocycles. The van der Waals surface area contributed by atoms with Gasteiger partial charge in [0.15, 0.2) is 0 Å². The first-order valence-electron chi connectivity index (χ1n) is 6.51. The van der Waals surface area contributed by atoms with Crippen LogP contribution in [-0.2, 0) is 14.6 Å². The van der Waals surface area contributed by atoms with Gasteiger partial charge < -0.3 is 10.1 Å². The summed E-state index contributed by atoms with van der Waals surface area (Å²) in [5.74, 6) is 0.414. The maximum absolute atomic E-state index is 11.8. The molecular weight excluding hydrogens is 278 g/mol. The molecule has 0 radical (unpaired) electrons. The number of sulfone groups is 1. The Bertz CT molecular complexity index is 552. The Labute approximate surface area is 120 Å². The average Bonchev–Trinajstić information content (AvgIpc) is 2.29. The fraction of sp³-hybridized carbons (Fsp3) is 0.500. The van der Waals surface area contributed by atoms with Gasteiger partial charge in [0, 0.05) is 12.7 Å². The van der Waals surface area contributed by atoms with Gasteiger partial charge in [0.2, 0.25) is 5.91 Å². The summed E-state index contributed by atoms with van der Waals surface area (Å²) >= 11 is 0. The summed E-state index contributed by atoms with van der Waals surface area (Å²) in [5.41, 5.74) is 0.602. The molecule has 1 rings (SSSR count). The van der Waals surface area contributed by atoms with Crippen LogP contribution in [0, 0.1) is 0 Å². The van der Waals surface area contributed by atoms with Crippen molar-refractivity contribution in [3.05, 3.63) is 24.3 Å². The standard InChI is InChI=1S/C14H21NO4S/c1-11(2)19-13-8-5-4-7-12(13)15-14(16)9-6-10-20(3,17)18/h4-5,7-8,11H,6,9-10H2,1-3H3,(H,15,16). The van der Waals surface area contributed by atoms with Gasteiger partial charge in [0.25, 0.3) is 0 Å². The smallest absolute Gasteiger partial charge is 0.224 e. The molecule has 1 aromatic rings. The highest BCUT2D eigenvalue weighted by atomic mass is 32.2. The zero-order valence-corrected chi connectivity index (χ0v) is 12.9. The summed E-state index contributed by atoms with van der Waals surface area (Å²) in [4.78, 5) is 11.8. The Morgan fingerprint density at radius 1 is 1.30 bits per heavy atom. The van der Waals surface area contributed by atoms with Crippen molar-refractivity contribution in [1.29, 1.82) is 0 Å². The maximum atomic E-state index is 11.8. The monoisotopic (exact) mass is 299 g/mol. The molecule has 0 aliphatic carbocycles. The molecule has 1 aromatic carbocycles. The molecule has 6 heteroatoms. The van der Waals surface area contributed by atoms with Crippen LogP contribution in [0.5, 0.6) is 5.75 Å². The van der Waals surface area contributed by atoms with Crippen LogP contribution in [0.3, 0.4) is 0 Å². The Hall–Kier alpha value is -1.56. The minimum Gasteiger partial charge on any atom is -0.489 e. The van der Waals surface area contributed by atoms with E-state index in [1.54, 1.807) is 18.2 Å². The number of hydrogen-bond donors (Lipinski definition) is 1. The van der Waals surface area contributed by atoms with Crippen LogP contribution < -0.4 is 10.1 Å². The van der Waals surface area contributed by atoms with Gasteiger partial charge >= 0.3 is 0 Å². The van der Waals surface area contributed by atoms with Crippen LogP contribution in [0.15, 0.2) is 24.3 Å². The highest BCUT2D eigenvalue weighted by Crippen LogP contribution is 2.25. The minimum absolute atomic E-state index is 0.0123. The molecule has 0 aliphatic rings. The van der Waals surface area contributed by atoms with Gasteiger partial charge in [-0.05, 0) is 32.4 Å². The molecule has 0 atom stereocenters. The van der Waals surface area contributed by atoms with Crippen molar-refractivity contribution in [3.63, 3.8) is 0 Å². The van der Waals surface area contributed by atoms with Gasteiger partial charge in [-0.2, -0.15) is 0 Å². The van der Waals surface area contributed by atoms with Crippen molar-refractivity contribution in [2.24, 2.45) is 0 Å². The van der Waals surface area contributed by atoms with E-state index in [-0.39, 0.29) is 24.2 Å². The van der Waals surface area contributed by atoms with Crippen molar-refractivity contribution in [3.8, 4) is 5.75 Å². The fourth-order valence-corrected chi connectivity index (χ4v) is 2.30. The van der Waals surface area contributed by atoms with E-state index in [4.69, 9.17) is 4.74 Å². The number of nitrogens with one attached hydrogen (secondary N) is 1. The van der Waals surface area contributed by atoms with E-state index in [1.807, 2.05) is 19.9 Å². The number of anilines is 1. The summed E-state index contributed by atoms with van der Waals surface area (Å²) in [6.07, 6.45) is 1.66. The number of para-hydroxylation sites is 2. The Kier molecular flexibility index (Phi) is 6.01. The van der Waals surface area contributed by atoms with Crippen LogP contribution in [0.1, 0.15) is 26.7 Å². The van der Waals surface area contributed by atoms with E-state index >= 15 is 0 Å². The molecule has 0 heterocycles. The predicted octanol–water partition coefficient (Wildman–Crippen LogP) is 2.24. The normalized spacial score (nSPS) is 11.4. The number of carbonyl (C=O) groups excluding carboxylic acids is 1. The van der Waals surface area contributed by atoms with Gasteiger partial charge in [-0.3, -0.25) is 4.79 Å². The van der Waals surface area contributed by atoms with E-state index in [0.29, 0.717) is 17.9 Å². The average molecular weight is 299 g/mol. The summed E-state index contributed by atoms with van der Waals surface area (Å²) in [6.45, 7) is 3.81. The van der Waals surface area contributed by atoms with E-state index in [1.165, 1.54) is 0 Å². The Morgan fingerprint density at radius 3 is 2.55 bits per heavy atom. The lowest BCUT2D eigenvalue weighted by atomic mass is 10.2. The molecule has 0 saturated heterocycles. The van der Waals surface area contributed by atoms with Crippen molar-refractivity contribution < 1.29 is 17.9 Å². The number of rotatable bonds is 7. The highest BCUT2D eigenvalue weighted by molar-refractivity contribution is 7.90. The first-order valence-corrected chi connectivity index (χ1v) is 8.57. The third-order valence-corrected chi connectivity index (χ3v) is 3.47. The largest absolute Gasteiger partial charge is 0.489 e. The number of benzene rings is 1. The third kappa shape index (κ3) is 6.56. The molecular formula is C14H21NO4S. The number of amides is 1. The van der Waals surface area contributed by atoms with Crippen LogP contribution in [-0.4, -0.2) is 32.4 Å². The highest BCUT2D eigenvalue weighted by Gasteiger charge is 2.10. The molecule has 0 fully saturated rings. The number of ether oxygens (including phenoxy) is 1. The van der Waals surface area contributed by atoms with Crippen molar-refractivity contribution in [2.45, 2.75) is 32.8 Å². The molecule has 0 saturated carbocycles. The van der Waals surface area contributed by atoms with Crippen LogP contribution in [0.25, 0.3) is 0 Å². The lowest BCUT2D eigenvalue weighted by Gasteiger charge is -2.14. The van der Waals surface area contributed by atoms with Gasteiger partial charge in [0.1, 0.15) is 15.6 Å². The van der Waals surface area contributed by atoms with Gasteiger partial charge in [-0.15, -0.1) is 0 Å². The Balaban J connectivity index is 2.57. The van der Waals surface area contributed by atoms with E-state index in [2.05, 4.69) is 5.32 Å². The van der Waals surface area contributed by atoms with Gasteiger partial charge in [-0.25, -0.2) is 8.42 Å². The quantitative estimate of drug-likeness (QED) is 0.838. The van der Waals surface area contributed by atoms with Crippen LogP contribution in [0.2, 0.25) is 0 Å². The summed E-state index contributed by atoms with van der Waals surface area (Å²) < 4.78 is 27.6. The van der Waals surface area contributed by atoms with E-state index in [9.17, 15) is 13.2 Å². The Morgan fingerprint density at radius 2 is 1.95 bits per heavy atom. The summed E-state index contributed by atoms with van der Waals surface area (Å²) in [6, 6.07) is 7.18. The second kappa shape index (κ2) is 7.28. The molecule has 0 aliphatic heterocycles. The lowest BCUT2D eigenvalue weighted by molar-refractivity contribution is -0.116. The summed E-state index contributed by atoms with van der Waals surface area (Å²) in [5, 5.41) is 2.74. The van der Waals surface area contributed by atoms with Crippen LogP contribution >= 0.6 is 0 Å². The number of carbonyl (C=O) groups is 1. The number of hydrogen-bond acceptors (Lipinski definition) is 4. The van der Waals surface area contributed by atoms with Gasteiger partial charge in [-0.1, -0.05) is 12.1 Å². The molecule has 1 N–H and O–H groups in total. The SMILES string of the molecule is CC(C)Oc1ccccc1NC(=O)CCCS(C)(=O)=O.